The quantitative estimate of drug-likeness (QED) is 0.609. The van der Waals surface area contributed by atoms with Crippen molar-refractivity contribution in [3.63, 3.8) is 0 Å². The highest BCUT2D eigenvalue weighted by Crippen LogP contribution is 2.19. The SMILES string of the molecule is N#CCc1ccc2c(=O)c3ccccc3oc2c1. The number of nitriles is 1. The molecule has 86 valence electrons. The Kier molecular flexibility index (Phi) is 2.35. The summed E-state index contributed by atoms with van der Waals surface area (Å²) in [6.45, 7) is 0. The third-order valence-electron chi connectivity index (χ3n) is 2.93. The van der Waals surface area contributed by atoms with Crippen LogP contribution in [0.15, 0.2) is 51.7 Å². The molecule has 3 heteroatoms. The fraction of sp³-hybridized carbons (Fsp3) is 0.0667. The largest absolute Gasteiger partial charge is 0.456 e. The highest BCUT2D eigenvalue weighted by molar-refractivity contribution is 5.89. The van der Waals surface area contributed by atoms with E-state index in [2.05, 4.69) is 6.07 Å². The van der Waals surface area contributed by atoms with Gasteiger partial charge in [-0.3, -0.25) is 4.79 Å². The zero-order valence-corrected chi connectivity index (χ0v) is 9.51. The molecule has 0 amide bonds. The molecule has 3 nitrogen and oxygen atoms in total. The van der Waals surface area contributed by atoms with Crippen molar-refractivity contribution in [1.29, 1.82) is 5.26 Å². The Bertz CT molecular complexity index is 840. The van der Waals surface area contributed by atoms with Crippen LogP contribution in [0.4, 0.5) is 0 Å². The molecule has 0 aliphatic rings. The Balaban J connectivity index is 2.41. The summed E-state index contributed by atoms with van der Waals surface area (Å²) in [4.78, 5) is 12.2. The van der Waals surface area contributed by atoms with Crippen molar-refractivity contribution < 1.29 is 4.42 Å². The minimum Gasteiger partial charge on any atom is -0.456 e. The first-order chi connectivity index (χ1) is 8.79. The van der Waals surface area contributed by atoms with E-state index >= 15 is 0 Å². The average molecular weight is 235 g/mol. The topological polar surface area (TPSA) is 54.0 Å². The minimum atomic E-state index is -0.0321. The molecular formula is C15H9NO2. The van der Waals surface area contributed by atoms with Crippen LogP contribution in [0.25, 0.3) is 21.9 Å². The second kappa shape index (κ2) is 4.01. The molecule has 1 heterocycles. The van der Waals surface area contributed by atoms with Gasteiger partial charge in [-0.1, -0.05) is 18.2 Å². The number of para-hydroxylation sites is 1. The van der Waals surface area contributed by atoms with Gasteiger partial charge >= 0.3 is 0 Å². The molecule has 3 rings (SSSR count). The molecule has 0 spiro atoms. The molecular weight excluding hydrogens is 226 g/mol. The Morgan fingerprint density at radius 3 is 2.67 bits per heavy atom. The van der Waals surface area contributed by atoms with Crippen LogP contribution in [0.3, 0.4) is 0 Å². The molecule has 1 aromatic heterocycles. The zero-order chi connectivity index (χ0) is 12.5. The number of hydrogen-bond donors (Lipinski definition) is 0. The molecule has 0 aliphatic heterocycles. The van der Waals surface area contributed by atoms with Crippen LogP contribution in [0.5, 0.6) is 0 Å². The van der Waals surface area contributed by atoms with Gasteiger partial charge in [-0.2, -0.15) is 5.26 Å². The van der Waals surface area contributed by atoms with E-state index in [1.807, 2.05) is 12.1 Å². The maximum atomic E-state index is 12.2. The summed E-state index contributed by atoms with van der Waals surface area (Å²) in [6, 6.07) is 14.5. The highest BCUT2D eigenvalue weighted by atomic mass is 16.3. The van der Waals surface area contributed by atoms with Crippen molar-refractivity contribution in [3.8, 4) is 6.07 Å². The maximum absolute atomic E-state index is 12.2. The van der Waals surface area contributed by atoms with Crippen molar-refractivity contribution in [2.45, 2.75) is 6.42 Å². The summed E-state index contributed by atoms with van der Waals surface area (Å²) < 4.78 is 5.70. The summed E-state index contributed by atoms with van der Waals surface area (Å²) in [6.07, 6.45) is 0.312. The lowest BCUT2D eigenvalue weighted by Crippen LogP contribution is -2.02. The van der Waals surface area contributed by atoms with Gasteiger partial charge in [0.2, 0.25) is 5.43 Å². The minimum absolute atomic E-state index is 0.0321. The van der Waals surface area contributed by atoms with E-state index in [0.717, 1.165) is 5.56 Å². The predicted octanol–water partition coefficient (Wildman–Crippen LogP) is 3.01. The molecule has 0 saturated carbocycles. The van der Waals surface area contributed by atoms with E-state index in [1.54, 1.807) is 30.3 Å². The van der Waals surface area contributed by atoms with Gasteiger partial charge < -0.3 is 4.42 Å². The smallest absolute Gasteiger partial charge is 0.200 e. The van der Waals surface area contributed by atoms with E-state index in [-0.39, 0.29) is 5.43 Å². The molecule has 2 aromatic carbocycles. The fourth-order valence-electron chi connectivity index (χ4n) is 2.05. The van der Waals surface area contributed by atoms with E-state index in [4.69, 9.17) is 9.68 Å². The van der Waals surface area contributed by atoms with Crippen molar-refractivity contribution in [2.75, 3.05) is 0 Å². The van der Waals surface area contributed by atoms with E-state index in [1.165, 1.54) is 0 Å². The van der Waals surface area contributed by atoms with Gasteiger partial charge in [-0.15, -0.1) is 0 Å². The summed E-state index contributed by atoms with van der Waals surface area (Å²) in [5.74, 6) is 0. The summed E-state index contributed by atoms with van der Waals surface area (Å²) in [5.41, 5.74) is 1.93. The number of nitrogens with zero attached hydrogens (tertiary/aromatic N) is 1. The first-order valence-electron chi connectivity index (χ1n) is 5.61. The molecule has 3 aromatic rings. The Hall–Kier alpha value is -2.60. The second-order valence-corrected chi connectivity index (χ2v) is 4.09. The van der Waals surface area contributed by atoms with Crippen LogP contribution in [-0.2, 0) is 6.42 Å². The van der Waals surface area contributed by atoms with Crippen LogP contribution >= 0.6 is 0 Å². The van der Waals surface area contributed by atoms with Crippen LogP contribution in [-0.4, -0.2) is 0 Å². The standard InChI is InChI=1S/C15H9NO2/c16-8-7-10-5-6-12-14(9-10)18-13-4-2-1-3-11(13)15(12)17/h1-6,9H,7H2. The summed E-state index contributed by atoms with van der Waals surface area (Å²) in [7, 11) is 0. The zero-order valence-electron chi connectivity index (χ0n) is 9.51. The van der Waals surface area contributed by atoms with Gasteiger partial charge in [-0.05, 0) is 29.8 Å². The average Bonchev–Trinajstić information content (AvgIpc) is 2.39. The Morgan fingerprint density at radius 2 is 1.83 bits per heavy atom. The molecule has 0 fully saturated rings. The second-order valence-electron chi connectivity index (χ2n) is 4.09. The van der Waals surface area contributed by atoms with Gasteiger partial charge in [0.05, 0.1) is 23.3 Å². The highest BCUT2D eigenvalue weighted by Gasteiger charge is 2.07. The van der Waals surface area contributed by atoms with Crippen LogP contribution in [0.2, 0.25) is 0 Å². The lowest BCUT2D eigenvalue weighted by Gasteiger charge is -2.02. The Labute approximate surface area is 103 Å². The van der Waals surface area contributed by atoms with Gasteiger partial charge in [0, 0.05) is 0 Å². The lowest BCUT2D eigenvalue weighted by molar-refractivity contribution is 0.659. The van der Waals surface area contributed by atoms with Crippen LogP contribution < -0.4 is 5.43 Å². The predicted molar refractivity (Wildman–Crippen MR) is 69.3 cm³/mol. The first-order valence-corrected chi connectivity index (χ1v) is 5.61. The number of benzene rings is 2. The summed E-state index contributed by atoms with van der Waals surface area (Å²) >= 11 is 0. The van der Waals surface area contributed by atoms with Gasteiger partial charge in [0.15, 0.2) is 0 Å². The molecule has 18 heavy (non-hydrogen) atoms. The normalized spacial score (nSPS) is 10.6. The van der Waals surface area contributed by atoms with Crippen molar-refractivity contribution in [3.05, 3.63) is 58.3 Å². The lowest BCUT2D eigenvalue weighted by atomic mass is 10.1. The number of hydrogen-bond acceptors (Lipinski definition) is 3. The first kappa shape index (κ1) is 10.5. The third-order valence-corrected chi connectivity index (χ3v) is 2.93. The molecule has 0 unspecified atom stereocenters. The van der Waals surface area contributed by atoms with E-state index in [0.29, 0.717) is 28.4 Å². The van der Waals surface area contributed by atoms with Gasteiger partial charge in [0.25, 0.3) is 0 Å². The van der Waals surface area contributed by atoms with Gasteiger partial charge in [0.1, 0.15) is 11.2 Å². The van der Waals surface area contributed by atoms with Crippen molar-refractivity contribution >= 4 is 21.9 Å². The van der Waals surface area contributed by atoms with E-state index in [9.17, 15) is 4.79 Å². The monoisotopic (exact) mass is 235 g/mol. The van der Waals surface area contributed by atoms with Crippen molar-refractivity contribution in [2.24, 2.45) is 0 Å². The molecule has 0 atom stereocenters. The number of fused-ring (bicyclic) bond motifs is 2. The molecule has 0 N–H and O–H groups in total. The fourth-order valence-corrected chi connectivity index (χ4v) is 2.05. The Morgan fingerprint density at radius 1 is 1.06 bits per heavy atom. The third kappa shape index (κ3) is 1.56. The van der Waals surface area contributed by atoms with Crippen LogP contribution in [0, 0.1) is 11.3 Å². The van der Waals surface area contributed by atoms with Crippen molar-refractivity contribution in [1.82, 2.24) is 0 Å². The molecule has 0 saturated heterocycles. The summed E-state index contributed by atoms with van der Waals surface area (Å²) in [5, 5.41) is 9.81. The molecule has 0 bridgehead atoms. The van der Waals surface area contributed by atoms with Gasteiger partial charge in [-0.25, -0.2) is 0 Å². The molecule has 0 aliphatic carbocycles. The molecule has 0 radical (unpaired) electrons. The van der Waals surface area contributed by atoms with E-state index < -0.39 is 0 Å². The maximum Gasteiger partial charge on any atom is 0.200 e. The number of rotatable bonds is 1. The van der Waals surface area contributed by atoms with Crippen LogP contribution in [0.1, 0.15) is 5.56 Å².